The maximum absolute atomic E-state index is 10.8. The van der Waals surface area contributed by atoms with Crippen LogP contribution in [0.1, 0.15) is 6.92 Å². The summed E-state index contributed by atoms with van der Waals surface area (Å²) in [6.45, 7) is 2.67. The summed E-state index contributed by atoms with van der Waals surface area (Å²) in [4.78, 5) is 16.3. The van der Waals surface area contributed by atoms with E-state index in [1.807, 2.05) is 25.9 Å². The number of aromatic nitrogens is 1. The molecule has 0 spiro atoms. The van der Waals surface area contributed by atoms with Crippen LogP contribution in [-0.4, -0.2) is 41.5 Å². The van der Waals surface area contributed by atoms with Gasteiger partial charge in [0.25, 0.3) is 0 Å². The molecule has 0 radical (unpaired) electrons. The summed E-state index contributed by atoms with van der Waals surface area (Å²) in [6, 6.07) is 2.81. The van der Waals surface area contributed by atoms with Crippen LogP contribution in [0.25, 0.3) is 0 Å². The number of anilines is 2. The monoisotopic (exact) mass is 239 g/mol. The lowest BCUT2D eigenvalue weighted by Gasteiger charge is -2.18. The molecule has 1 heterocycles. The summed E-state index contributed by atoms with van der Waals surface area (Å²) in [5.74, 6) is 0.472. The molecule has 1 atom stereocenters. The number of nitrogen functional groups attached to an aromatic ring is 1. The van der Waals surface area contributed by atoms with Crippen molar-refractivity contribution in [1.29, 1.82) is 0 Å². The van der Waals surface area contributed by atoms with Crippen LogP contribution in [0, 0.1) is 10.1 Å². The van der Waals surface area contributed by atoms with Crippen LogP contribution in [-0.2, 0) is 0 Å². The Morgan fingerprint density at radius 2 is 2.24 bits per heavy atom. The van der Waals surface area contributed by atoms with E-state index in [1.165, 1.54) is 12.1 Å². The van der Waals surface area contributed by atoms with Crippen LogP contribution in [0.2, 0.25) is 0 Å². The van der Waals surface area contributed by atoms with Gasteiger partial charge in [0.15, 0.2) is 0 Å². The molecule has 0 bridgehead atoms. The highest BCUT2D eigenvalue weighted by molar-refractivity contribution is 5.59. The van der Waals surface area contributed by atoms with E-state index >= 15 is 0 Å². The van der Waals surface area contributed by atoms with Crippen molar-refractivity contribution in [2.45, 2.75) is 13.0 Å². The first kappa shape index (κ1) is 13.2. The molecule has 0 saturated carbocycles. The molecule has 94 valence electrons. The first-order valence-electron chi connectivity index (χ1n) is 5.22. The van der Waals surface area contributed by atoms with Crippen LogP contribution < -0.4 is 11.1 Å². The molecule has 0 aromatic carbocycles. The van der Waals surface area contributed by atoms with Crippen molar-refractivity contribution >= 4 is 17.3 Å². The van der Waals surface area contributed by atoms with Gasteiger partial charge < -0.3 is 16.0 Å². The maximum atomic E-state index is 10.8. The van der Waals surface area contributed by atoms with E-state index in [1.54, 1.807) is 0 Å². The van der Waals surface area contributed by atoms with E-state index in [-0.39, 0.29) is 23.4 Å². The van der Waals surface area contributed by atoms with E-state index in [9.17, 15) is 10.1 Å². The van der Waals surface area contributed by atoms with Gasteiger partial charge in [-0.25, -0.2) is 4.98 Å². The molecule has 0 amide bonds. The Labute approximate surface area is 99.8 Å². The molecule has 7 nitrogen and oxygen atoms in total. The Balaban J connectivity index is 2.88. The molecule has 1 aromatic rings. The Kier molecular flexibility index (Phi) is 4.22. The van der Waals surface area contributed by atoms with Crippen molar-refractivity contribution in [3.63, 3.8) is 0 Å². The van der Waals surface area contributed by atoms with Gasteiger partial charge in [0.2, 0.25) is 5.82 Å². The number of likely N-dealkylation sites (N-methyl/N-ethyl adjacent to an activating group) is 1. The lowest BCUT2D eigenvalue weighted by Crippen LogP contribution is -2.30. The third-order valence-electron chi connectivity index (χ3n) is 2.11. The van der Waals surface area contributed by atoms with Crippen molar-refractivity contribution < 1.29 is 4.92 Å². The number of hydrogen-bond donors (Lipinski definition) is 2. The molecule has 0 aliphatic heterocycles. The molecule has 1 rings (SSSR count). The summed E-state index contributed by atoms with van der Waals surface area (Å²) in [5, 5.41) is 13.8. The molecule has 0 aliphatic carbocycles. The Morgan fingerprint density at radius 1 is 1.59 bits per heavy atom. The van der Waals surface area contributed by atoms with Crippen molar-refractivity contribution in [3.8, 4) is 0 Å². The van der Waals surface area contributed by atoms with Crippen LogP contribution in [0.5, 0.6) is 0 Å². The minimum absolute atomic E-state index is 0.0398. The Morgan fingerprint density at radius 3 is 2.76 bits per heavy atom. The molecule has 0 fully saturated rings. The number of nitrogens with zero attached hydrogens (tertiary/aromatic N) is 3. The van der Waals surface area contributed by atoms with E-state index in [2.05, 4.69) is 10.3 Å². The summed E-state index contributed by atoms with van der Waals surface area (Å²) in [7, 11) is 3.86. The van der Waals surface area contributed by atoms with E-state index in [4.69, 9.17) is 5.73 Å². The molecule has 0 aliphatic rings. The standard InChI is InChI=1S/C10H17N5O2/c1-7(6-14(2)3)12-10-8(15(16)17)4-5-9(11)13-10/h4-5,7H,6H2,1-3H3,(H3,11,12,13). The number of rotatable bonds is 5. The third kappa shape index (κ3) is 3.87. The molecule has 3 N–H and O–H groups in total. The van der Waals surface area contributed by atoms with Crippen LogP contribution >= 0.6 is 0 Å². The van der Waals surface area contributed by atoms with Gasteiger partial charge in [-0.3, -0.25) is 10.1 Å². The zero-order valence-electron chi connectivity index (χ0n) is 10.2. The zero-order chi connectivity index (χ0) is 13.0. The Bertz CT molecular complexity index is 408. The fraction of sp³-hybridized carbons (Fsp3) is 0.500. The van der Waals surface area contributed by atoms with Gasteiger partial charge in [0.1, 0.15) is 5.82 Å². The number of pyridine rings is 1. The van der Waals surface area contributed by atoms with Gasteiger partial charge in [-0.2, -0.15) is 0 Å². The predicted molar refractivity (Wildman–Crippen MR) is 66.9 cm³/mol. The second kappa shape index (κ2) is 5.44. The number of nitro groups is 1. The fourth-order valence-corrected chi connectivity index (χ4v) is 1.55. The highest BCUT2D eigenvalue weighted by Gasteiger charge is 2.17. The molecule has 0 saturated heterocycles. The average molecular weight is 239 g/mol. The summed E-state index contributed by atoms with van der Waals surface area (Å²) < 4.78 is 0. The highest BCUT2D eigenvalue weighted by atomic mass is 16.6. The zero-order valence-corrected chi connectivity index (χ0v) is 10.2. The molecular formula is C10H17N5O2. The van der Waals surface area contributed by atoms with Crippen LogP contribution in [0.15, 0.2) is 12.1 Å². The predicted octanol–water partition coefficient (Wildman–Crippen LogP) is 0.934. The third-order valence-corrected chi connectivity index (χ3v) is 2.11. The SMILES string of the molecule is CC(CN(C)C)Nc1nc(N)ccc1[N+](=O)[O-]. The lowest BCUT2D eigenvalue weighted by atomic mass is 10.3. The van der Waals surface area contributed by atoms with Gasteiger partial charge in [0.05, 0.1) is 4.92 Å². The largest absolute Gasteiger partial charge is 0.384 e. The highest BCUT2D eigenvalue weighted by Crippen LogP contribution is 2.23. The lowest BCUT2D eigenvalue weighted by molar-refractivity contribution is -0.384. The molecule has 1 unspecified atom stereocenters. The van der Waals surface area contributed by atoms with E-state index in [0.29, 0.717) is 0 Å². The topological polar surface area (TPSA) is 97.3 Å². The number of nitrogens with one attached hydrogen (secondary N) is 1. The maximum Gasteiger partial charge on any atom is 0.311 e. The van der Waals surface area contributed by atoms with Gasteiger partial charge in [-0.15, -0.1) is 0 Å². The van der Waals surface area contributed by atoms with Crippen LogP contribution in [0.4, 0.5) is 17.3 Å². The van der Waals surface area contributed by atoms with E-state index < -0.39 is 4.92 Å². The van der Waals surface area contributed by atoms with Gasteiger partial charge in [-0.05, 0) is 27.1 Å². The fourth-order valence-electron chi connectivity index (χ4n) is 1.55. The normalized spacial score (nSPS) is 12.5. The molecule has 1 aromatic heterocycles. The van der Waals surface area contributed by atoms with Crippen LogP contribution in [0.3, 0.4) is 0 Å². The van der Waals surface area contributed by atoms with Gasteiger partial charge in [0, 0.05) is 18.7 Å². The average Bonchev–Trinajstić information content (AvgIpc) is 2.15. The summed E-state index contributed by atoms with van der Waals surface area (Å²) >= 11 is 0. The molecular weight excluding hydrogens is 222 g/mol. The summed E-state index contributed by atoms with van der Waals surface area (Å²) in [6.07, 6.45) is 0. The second-order valence-corrected chi connectivity index (χ2v) is 4.17. The molecule has 17 heavy (non-hydrogen) atoms. The van der Waals surface area contributed by atoms with Crippen molar-refractivity contribution in [2.75, 3.05) is 31.7 Å². The first-order chi connectivity index (χ1) is 7.90. The second-order valence-electron chi connectivity index (χ2n) is 4.17. The summed E-state index contributed by atoms with van der Waals surface area (Å²) in [5.41, 5.74) is 5.46. The number of hydrogen-bond acceptors (Lipinski definition) is 6. The number of nitrogens with two attached hydrogens (primary N) is 1. The smallest absolute Gasteiger partial charge is 0.311 e. The van der Waals surface area contributed by atoms with E-state index in [0.717, 1.165) is 6.54 Å². The van der Waals surface area contributed by atoms with Crippen molar-refractivity contribution in [1.82, 2.24) is 9.88 Å². The van der Waals surface area contributed by atoms with Gasteiger partial charge >= 0.3 is 5.69 Å². The molecule has 7 heteroatoms. The first-order valence-corrected chi connectivity index (χ1v) is 5.22. The van der Waals surface area contributed by atoms with Gasteiger partial charge in [-0.1, -0.05) is 0 Å². The quantitative estimate of drug-likeness (QED) is 0.586. The Hall–Kier alpha value is -1.89. The van der Waals surface area contributed by atoms with Crippen molar-refractivity contribution in [3.05, 3.63) is 22.2 Å². The minimum Gasteiger partial charge on any atom is -0.384 e. The van der Waals surface area contributed by atoms with Crippen molar-refractivity contribution in [2.24, 2.45) is 0 Å². The minimum atomic E-state index is -0.475.